The molecule has 0 bridgehead atoms. The van der Waals surface area contributed by atoms with Crippen LogP contribution in [0.5, 0.6) is 0 Å². The number of hydrogen-bond acceptors (Lipinski definition) is 4. The summed E-state index contributed by atoms with van der Waals surface area (Å²) in [5, 5.41) is 3.41. The SMILES string of the molecule is CCCNc1ccnc(CN2CCC(OC)CC2)c1. The van der Waals surface area contributed by atoms with E-state index < -0.39 is 0 Å². The first-order chi connectivity index (χ1) is 9.31. The Bertz CT molecular complexity index is 375. The average Bonchev–Trinajstić information content (AvgIpc) is 2.46. The summed E-state index contributed by atoms with van der Waals surface area (Å²) < 4.78 is 5.40. The molecular weight excluding hydrogens is 238 g/mol. The van der Waals surface area contributed by atoms with Crippen LogP contribution in [0, 0.1) is 0 Å². The maximum atomic E-state index is 5.40. The highest BCUT2D eigenvalue weighted by atomic mass is 16.5. The third-order valence-electron chi connectivity index (χ3n) is 3.65. The van der Waals surface area contributed by atoms with Crippen LogP contribution in [0.1, 0.15) is 31.9 Å². The zero-order valence-electron chi connectivity index (χ0n) is 12.1. The summed E-state index contributed by atoms with van der Waals surface area (Å²) in [6.07, 6.45) is 5.74. The molecule has 0 saturated carbocycles. The van der Waals surface area contributed by atoms with Crippen molar-refractivity contribution in [2.45, 2.75) is 38.8 Å². The highest BCUT2D eigenvalue weighted by Gasteiger charge is 2.18. The van der Waals surface area contributed by atoms with Gasteiger partial charge in [-0.15, -0.1) is 0 Å². The standard InChI is InChI=1S/C15H25N3O/c1-3-7-16-13-4-8-17-14(11-13)12-18-9-5-15(19-2)6-10-18/h4,8,11,15H,3,5-7,9-10,12H2,1-2H3,(H,16,17). The summed E-state index contributed by atoms with van der Waals surface area (Å²) in [7, 11) is 1.81. The normalized spacial score (nSPS) is 17.6. The molecule has 1 aliphatic heterocycles. The largest absolute Gasteiger partial charge is 0.385 e. The van der Waals surface area contributed by atoms with Crippen molar-refractivity contribution >= 4 is 5.69 Å². The number of nitrogens with zero attached hydrogens (tertiary/aromatic N) is 2. The number of pyridine rings is 1. The minimum absolute atomic E-state index is 0.446. The second-order valence-corrected chi connectivity index (χ2v) is 5.17. The number of piperidine rings is 1. The fraction of sp³-hybridized carbons (Fsp3) is 0.667. The molecule has 0 unspecified atom stereocenters. The van der Waals surface area contributed by atoms with E-state index in [1.807, 2.05) is 19.4 Å². The predicted octanol–water partition coefficient (Wildman–Crippen LogP) is 2.51. The number of ether oxygens (including phenoxy) is 1. The van der Waals surface area contributed by atoms with Crippen molar-refractivity contribution in [2.75, 3.05) is 32.1 Å². The second-order valence-electron chi connectivity index (χ2n) is 5.17. The average molecular weight is 263 g/mol. The van der Waals surface area contributed by atoms with Crippen LogP contribution >= 0.6 is 0 Å². The molecule has 1 N–H and O–H groups in total. The van der Waals surface area contributed by atoms with Crippen molar-refractivity contribution in [1.29, 1.82) is 0 Å². The quantitative estimate of drug-likeness (QED) is 0.856. The number of rotatable bonds is 6. The van der Waals surface area contributed by atoms with Crippen molar-refractivity contribution in [1.82, 2.24) is 9.88 Å². The summed E-state index contributed by atoms with van der Waals surface area (Å²) in [4.78, 5) is 6.93. The molecule has 0 spiro atoms. The molecule has 2 heterocycles. The van der Waals surface area contributed by atoms with Gasteiger partial charge in [-0.1, -0.05) is 6.92 Å². The number of anilines is 1. The molecular formula is C15H25N3O. The van der Waals surface area contributed by atoms with Crippen LogP contribution in [0.25, 0.3) is 0 Å². The smallest absolute Gasteiger partial charge is 0.0595 e. The molecule has 4 nitrogen and oxygen atoms in total. The summed E-state index contributed by atoms with van der Waals surface area (Å²) in [5.41, 5.74) is 2.33. The third-order valence-corrected chi connectivity index (χ3v) is 3.65. The number of methoxy groups -OCH3 is 1. The molecule has 4 heteroatoms. The second kappa shape index (κ2) is 7.46. The number of hydrogen-bond donors (Lipinski definition) is 1. The van der Waals surface area contributed by atoms with E-state index in [1.165, 1.54) is 5.69 Å². The van der Waals surface area contributed by atoms with Gasteiger partial charge in [-0.25, -0.2) is 0 Å². The van der Waals surface area contributed by atoms with Crippen molar-refractivity contribution in [3.63, 3.8) is 0 Å². The Morgan fingerprint density at radius 2 is 2.21 bits per heavy atom. The van der Waals surface area contributed by atoms with E-state index in [0.717, 1.165) is 51.1 Å². The molecule has 1 saturated heterocycles. The van der Waals surface area contributed by atoms with Crippen LogP contribution < -0.4 is 5.32 Å². The first kappa shape index (κ1) is 14.3. The highest BCUT2D eigenvalue weighted by molar-refractivity contribution is 5.43. The molecule has 106 valence electrons. The van der Waals surface area contributed by atoms with Crippen LogP contribution in [0.4, 0.5) is 5.69 Å². The van der Waals surface area contributed by atoms with Crippen LogP contribution in [-0.2, 0) is 11.3 Å². The van der Waals surface area contributed by atoms with Gasteiger partial charge < -0.3 is 10.1 Å². The van der Waals surface area contributed by atoms with E-state index in [2.05, 4.69) is 28.2 Å². The van der Waals surface area contributed by atoms with Gasteiger partial charge in [0.2, 0.25) is 0 Å². The molecule has 0 radical (unpaired) electrons. The van der Waals surface area contributed by atoms with Gasteiger partial charge in [0.15, 0.2) is 0 Å². The van der Waals surface area contributed by atoms with Gasteiger partial charge in [-0.2, -0.15) is 0 Å². The topological polar surface area (TPSA) is 37.4 Å². The molecule has 2 rings (SSSR count). The molecule has 1 aromatic heterocycles. The van der Waals surface area contributed by atoms with Crippen molar-refractivity contribution in [2.24, 2.45) is 0 Å². The number of likely N-dealkylation sites (tertiary alicyclic amines) is 1. The van der Waals surface area contributed by atoms with Crippen LogP contribution in [0.2, 0.25) is 0 Å². The van der Waals surface area contributed by atoms with E-state index in [4.69, 9.17) is 4.74 Å². The van der Waals surface area contributed by atoms with E-state index in [1.54, 1.807) is 0 Å². The van der Waals surface area contributed by atoms with Crippen LogP contribution in [0.3, 0.4) is 0 Å². The van der Waals surface area contributed by atoms with E-state index >= 15 is 0 Å². The van der Waals surface area contributed by atoms with Crippen molar-refractivity contribution in [3.8, 4) is 0 Å². The first-order valence-corrected chi connectivity index (χ1v) is 7.25. The fourth-order valence-corrected chi connectivity index (χ4v) is 2.48. The molecule has 1 aliphatic rings. The Morgan fingerprint density at radius 1 is 1.42 bits per heavy atom. The molecule has 19 heavy (non-hydrogen) atoms. The maximum Gasteiger partial charge on any atom is 0.0595 e. The molecule has 0 amide bonds. The lowest BCUT2D eigenvalue weighted by Gasteiger charge is -2.30. The molecule has 1 fully saturated rings. The first-order valence-electron chi connectivity index (χ1n) is 7.25. The zero-order valence-corrected chi connectivity index (χ0v) is 12.1. The van der Waals surface area contributed by atoms with E-state index in [0.29, 0.717) is 6.10 Å². The monoisotopic (exact) mass is 263 g/mol. The molecule has 0 atom stereocenters. The van der Waals surface area contributed by atoms with E-state index in [-0.39, 0.29) is 0 Å². The van der Waals surface area contributed by atoms with Gasteiger partial charge in [0.05, 0.1) is 11.8 Å². The van der Waals surface area contributed by atoms with Gasteiger partial charge in [-0.05, 0) is 31.4 Å². The Labute approximate surface area is 116 Å². The molecule has 0 aromatic carbocycles. The minimum atomic E-state index is 0.446. The van der Waals surface area contributed by atoms with Crippen LogP contribution in [0.15, 0.2) is 18.3 Å². The lowest BCUT2D eigenvalue weighted by molar-refractivity contribution is 0.0385. The van der Waals surface area contributed by atoms with Gasteiger partial charge >= 0.3 is 0 Å². The Balaban J connectivity index is 1.85. The van der Waals surface area contributed by atoms with Gasteiger partial charge in [0, 0.05) is 45.2 Å². The summed E-state index contributed by atoms with van der Waals surface area (Å²) in [6, 6.07) is 4.20. The van der Waals surface area contributed by atoms with Crippen molar-refractivity contribution < 1.29 is 4.74 Å². The Hall–Kier alpha value is -1.13. The predicted molar refractivity (Wildman–Crippen MR) is 78.3 cm³/mol. The lowest BCUT2D eigenvalue weighted by atomic mass is 10.1. The fourth-order valence-electron chi connectivity index (χ4n) is 2.48. The number of nitrogens with one attached hydrogen (secondary N) is 1. The number of aromatic nitrogens is 1. The maximum absolute atomic E-state index is 5.40. The van der Waals surface area contributed by atoms with Gasteiger partial charge in [0.25, 0.3) is 0 Å². The van der Waals surface area contributed by atoms with E-state index in [9.17, 15) is 0 Å². The zero-order chi connectivity index (χ0) is 13.5. The lowest BCUT2D eigenvalue weighted by Crippen LogP contribution is -2.36. The summed E-state index contributed by atoms with van der Waals surface area (Å²) in [6.45, 7) is 6.34. The molecule has 0 aliphatic carbocycles. The highest BCUT2D eigenvalue weighted by Crippen LogP contribution is 2.16. The van der Waals surface area contributed by atoms with Crippen molar-refractivity contribution in [3.05, 3.63) is 24.0 Å². The minimum Gasteiger partial charge on any atom is -0.385 e. The summed E-state index contributed by atoms with van der Waals surface area (Å²) in [5.74, 6) is 0. The summed E-state index contributed by atoms with van der Waals surface area (Å²) >= 11 is 0. The Morgan fingerprint density at radius 3 is 2.89 bits per heavy atom. The van der Waals surface area contributed by atoms with Gasteiger partial charge in [0.1, 0.15) is 0 Å². The third kappa shape index (κ3) is 4.48. The Kier molecular flexibility index (Phi) is 5.61. The van der Waals surface area contributed by atoms with Crippen LogP contribution in [-0.4, -0.2) is 42.7 Å². The van der Waals surface area contributed by atoms with Gasteiger partial charge in [-0.3, -0.25) is 9.88 Å². The molecule has 1 aromatic rings.